The van der Waals surface area contributed by atoms with E-state index in [0.29, 0.717) is 6.04 Å². The van der Waals surface area contributed by atoms with Gasteiger partial charge in [-0.2, -0.15) is 0 Å². The number of nitrogens with one attached hydrogen (secondary N) is 1. The summed E-state index contributed by atoms with van der Waals surface area (Å²) in [6.45, 7) is 4.20. The van der Waals surface area contributed by atoms with Crippen molar-refractivity contribution in [1.29, 1.82) is 0 Å². The Hall–Kier alpha value is -1.09. The third-order valence-corrected chi connectivity index (χ3v) is 2.92. The number of aromatic nitrogens is 1. The van der Waals surface area contributed by atoms with E-state index in [1.165, 1.54) is 24.0 Å². The molecule has 1 atom stereocenters. The first-order chi connectivity index (χ1) is 7.20. The Bertz CT molecular complexity index is 345. The van der Waals surface area contributed by atoms with E-state index in [0.717, 1.165) is 12.2 Å². The van der Waals surface area contributed by atoms with Gasteiger partial charge in [-0.05, 0) is 43.4 Å². The summed E-state index contributed by atoms with van der Waals surface area (Å²) in [6, 6.07) is 2.87. The third-order valence-electron chi connectivity index (χ3n) is 2.92. The van der Waals surface area contributed by atoms with Gasteiger partial charge in [0.2, 0.25) is 0 Å². The number of hydrogen-bond acceptors (Lipinski definition) is 3. The van der Waals surface area contributed by atoms with Crippen molar-refractivity contribution in [3.05, 3.63) is 23.4 Å². The maximum atomic E-state index is 6.00. The van der Waals surface area contributed by atoms with Crippen LogP contribution in [0.1, 0.15) is 43.4 Å². The SMILES string of the molecule is CC[C@@H](N)c1cnc(NC2CC2)cc1C. The molecule has 3 nitrogen and oxygen atoms in total. The minimum absolute atomic E-state index is 0.118. The summed E-state index contributed by atoms with van der Waals surface area (Å²) in [7, 11) is 0. The third kappa shape index (κ3) is 2.48. The van der Waals surface area contributed by atoms with Crippen LogP contribution in [0.2, 0.25) is 0 Å². The van der Waals surface area contributed by atoms with Crippen molar-refractivity contribution in [2.45, 2.75) is 45.2 Å². The highest BCUT2D eigenvalue weighted by Crippen LogP contribution is 2.25. The minimum Gasteiger partial charge on any atom is -0.367 e. The van der Waals surface area contributed by atoms with Crippen molar-refractivity contribution in [2.75, 3.05) is 5.32 Å². The Balaban J connectivity index is 2.13. The second kappa shape index (κ2) is 4.19. The van der Waals surface area contributed by atoms with E-state index in [2.05, 4.69) is 30.2 Å². The zero-order valence-corrected chi connectivity index (χ0v) is 9.46. The standard InChI is InChI=1S/C12H19N3/c1-3-11(13)10-7-14-12(6-8(10)2)15-9-4-5-9/h6-7,9,11H,3-5,13H2,1-2H3,(H,14,15)/t11-/m1/s1. The first kappa shape index (κ1) is 10.4. The average molecular weight is 205 g/mol. The van der Waals surface area contributed by atoms with Crippen LogP contribution in [0.5, 0.6) is 0 Å². The van der Waals surface area contributed by atoms with Crippen LogP contribution >= 0.6 is 0 Å². The van der Waals surface area contributed by atoms with Crippen LogP contribution in [0.3, 0.4) is 0 Å². The quantitative estimate of drug-likeness (QED) is 0.793. The zero-order valence-electron chi connectivity index (χ0n) is 9.46. The summed E-state index contributed by atoms with van der Waals surface area (Å²) in [4.78, 5) is 4.40. The fraction of sp³-hybridized carbons (Fsp3) is 0.583. The Kier molecular flexibility index (Phi) is 2.91. The van der Waals surface area contributed by atoms with E-state index in [1.807, 2.05) is 6.20 Å². The van der Waals surface area contributed by atoms with Gasteiger partial charge < -0.3 is 11.1 Å². The van der Waals surface area contributed by atoms with E-state index < -0.39 is 0 Å². The fourth-order valence-electron chi connectivity index (χ4n) is 1.69. The molecule has 1 fully saturated rings. The van der Waals surface area contributed by atoms with E-state index in [1.54, 1.807) is 0 Å². The largest absolute Gasteiger partial charge is 0.367 e. The molecule has 1 aliphatic carbocycles. The first-order valence-corrected chi connectivity index (χ1v) is 5.69. The minimum atomic E-state index is 0.118. The molecule has 2 rings (SSSR count). The fourth-order valence-corrected chi connectivity index (χ4v) is 1.69. The lowest BCUT2D eigenvalue weighted by Crippen LogP contribution is -2.12. The molecule has 0 radical (unpaired) electrons. The molecule has 0 saturated heterocycles. The van der Waals surface area contributed by atoms with Crippen LogP contribution in [-0.4, -0.2) is 11.0 Å². The smallest absolute Gasteiger partial charge is 0.126 e. The van der Waals surface area contributed by atoms with Gasteiger partial charge in [0.05, 0.1) is 0 Å². The number of nitrogens with two attached hydrogens (primary N) is 1. The molecule has 15 heavy (non-hydrogen) atoms. The Morgan fingerprint density at radius 1 is 1.60 bits per heavy atom. The van der Waals surface area contributed by atoms with Gasteiger partial charge in [-0.25, -0.2) is 4.98 Å². The first-order valence-electron chi connectivity index (χ1n) is 5.69. The maximum Gasteiger partial charge on any atom is 0.126 e. The molecule has 3 heteroatoms. The lowest BCUT2D eigenvalue weighted by atomic mass is 10.0. The van der Waals surface area contributed by atoms with Crippen LogP contribution in [-0.2, 0) is 0 Å². The van der Waals surface area contributed by atoms with Crippen LogP contribution in [0.15, 0.2) is 12.3 Å². The highest BCUT2D eigenvalue weighted by Gasteiger charge is 2.21. The van der Waals surface area contributed by atoms with E-state index in [-0.39, 0.29) is 6.04 Å². The molecular formula is C12H19N3. The molecule has 0 aromatic carbocycles. The van der Waals surface area contributed by atoms with Gasteiger partial charge in [0, 0.05) is 18.3 Å². The molecule has 0 amide bonds. The number of rotatable bonds is 4. The second-order valence-electron chi connectivity index (χ2n) is 4.36. The predicted octanol–water partition coefficient (Wildman–Crippen LogP) is 2.37. The van der Waals surface area contributed by atoms with E-state index in [9.17, 15) is 0 Å². The number of anilines is 1. The Morgan fingerprint density at radius 2 is 2.33 bits per heavy atom. The second-order valence-corrected chi connectivity index (χ2v) is 4.36. The summed E-state index contributed by atoms with van der Waals surface area (Å²) < 4.78 is 0. The van der Waals surface area contributed by atoms with Gasteiger partial charge in [-0.1, -0.05) is 6.92 Å². The molecule has 1 aromatic heterocycles. The van der Waals surface area contributed by atoms with Gasteiger partial charge in [0.1, 0.15) is 5.82 Å². The number of aryl methyl sites for hydroxylation is 1. The predicted molar refractivity (Wildman–Crippen MR) is 62.8 cm³/mol. The van der Waals surface area contributed by atoms with Crippen LogP contribution < -0.4 is 11.1 Å². The molecular weight excluding hydrogens is 186 g/mol. The number of pyridine rings is 1. The monoisotopic (exact) mass is 205 g/mol. The number of nitrogens with zero attached hydrogens (tertiary/aromatic N) is 1. The van der Waals surface area contributed by atoms with Gasteiger partial charge in [-0.3, -0.25) is 0 Å². The molecule has 0 bridgehead atoms. The molecule has 3 N–H and O–H groups in total. The van der Waals surface area contributed by atoms with Crippen molar-refractivity contribution < 1.29 is 0 Å². The topological polar surface area (TPSA) is 50.9 Å². The maximum absolute atomic E-state index is 6.00. The molecule has 1 aliphatic rings. The summed E-state index contributed by atoms with van der Waals surface area (Å²) in [5, 5.41) is 3.39. The van der Waals surface area contributed by atoms with E-state index >= 15 is 0 Å². The normalized spacial score (nSPS) is 17.5. The van der Waals surface area contributed by atoms with E-state index in [4.69, 9.17) is 5.73 Å². The highest BCUT2D eigenvalue weighted by atomic mass is 15.0. The lowest BCUT2D eigenvalue weighted by molar-refractivity contribution is 0.690. The van der Waals surface area contributed by atoms with Gasteiger partial charge in [-0.15, -0.1) is 0 Å². The molecule has 0 aliphatic heterocycles. The zero-order chi connectivity index (χ0) is 10.8. The molecule has 1 aromatic rings. The summed E-state index contributed by atoms with van der Waals surface area (Å²) in [5.74, 6) is 0.988. The van der Waals surface area contributed by atoms with Crippen LogP contribution in [0.25, 0.3) is 0 Å². The van der Waals surface area contributed by atoms with Gasteiger partial charge >= 0.3 is 0 Å². The molecule has 0 spiro atoms. The van der Waals surface area contributed by atoms with Crippen molar-refractivity contribution in [2.24, 2.45) is 5.73 Å². The van der Waals surface area contributed by atoms with Crippen LogP contribution in [0, 0.1) is 6.92 Å². The van der Waals surface area contributed by atoms with Crippen molar-refractivity contribution >= 4 is 5.82 Å². The van der Waals surface area contributed by atoms with Gasteiger partial charge in [0.25, 0.3) is 0 Å². The lowest BCUT2D eigenvalue weighted by Gasteiger charge is -2.13. The van der Waals surface area contributed by atoms with Crippen molar-refractivity contribution in [3.63, 3.8) is 0 Å². The molecule has 82 valence electrons. The van der Waals surface area contributed by atoms with Crippen molar-refractivity contribution in [1.82, 2.24) is 4.98 Å². The molecule has 1 heterocycles. The summed E-state index contributed by atoms with van der Waals surface area (Å²) in [6.07, 6.45) is 5.42. The number of hydrogen-bond donors (Lipinski definition) is 2. The Morgan fingerprint density at radius 3 is 2.87 bits per heavy atom. The Labute approximate surface area is 91.1 Å². The highest BCUT2D eigenvalue weighted by molar-refractivity contribution is 5.43. The summed E-state index contributed by atoms with van der Waals surface area (Å²) >= 11 is 0. The summed E-state index contributed by atoms with van der Waals surface area (Å²) in [5.41, 5.74) is 8.40. The van der Waals surface area contributed by atoms with Crippen molar-refractivity contribution in [3.8, 4) is 0 Å². The molecule has 1 saturated carbocycles. The van der Waals surface area contributed by atoms with Gasteiger partial charge in [0.15, 0.2) is 0 Å². The molecule has 0 unspecified atom stereocenters. The van der Waals surface area contributed by atoms with Crippen LogP contribution in [0.4, 0.5) is 5.82 Å². The average Bonchev–Trinajstić information content (AvgIpc) is 3.01.